The summed E-state index contributed by atoms with van der Waals surface area (Å²) in [6.45, 7) is 8.79. The Hall–Kier alpha value is 0.240. The predicted molar refractivity (Wildman–Crippen MR) is 96.6 cm³/mol. The Morgan fingerprint density at radius 1 is 0.885 bits per heavy atom. The van der Waals surface area contributed by atoms with Crippen LogP contribution < -0.4 is 68.6 Å². The summed E-state index contributed by atoms with van der Waals surface area (Å²) in [6.07, 6.45) is 3.38. The molecule has 0 amide bonds. The van der Waals surface area contributed by atoms with E-state index in [1.165, 1.54) is 23.5 Å². The molecule has 26 heavy (non-hydrogen) atoms. The zero-order chi connectivity index (χ0) is 17.4. The fourth-order valence-electron chi connectivity index (χ4n) is 1.94. The fraction of sp³-hybridized carbons (Fsp3) is 0.333. The first-order valence-corrected chi connectivity index (χ1v) is 9.29. The Kier molecular flexibility index (Phi) is 14.4. The first-order valence-electron chi connectivity index (χ1n) is 7.66. The molecule has 4 nitrogen and oxygen atoms in total. The molecule has 0 spiro atoms. The molecule has 1 aliphatic rings. The van der Waals surface area contributed by atoms with Crippen LogP contribution in [0.1, 0.15) is 25.7 Å². The molecule has 1 aromatic carbocycles. The summed E-state index contributed by atoms with van der Waals surface area (Å²) in [5.74, 6) is 1.51. The van der Waals surface area contributed by atoms with Gasteiger partial charge in [-0.2, -0.15) is 23.4 Å². The van der Waals surface area contributed by atoms with Gasteiger partial charge in [0, 0.05) is 0 Å². The Morgan fingerprint density at radius 3 is 1.65 bits per heavy atom. The number of allylic oxidation sites excluding steroid dienone is 1. The second-order valence-corrected chi connectivity index (χ2v) is 7.22. The van der Waals surface area contributed by atoms with Crippen LogP contribution in [0, 0.1) is 36.5 Å². The van der Waals surface area contributed by atoms with Crippen LogP contribution in [0.2, 0.25) is 0 Å². The molecule has 0 aromatic heterocycles. The fourth-order valence-corrected chi connectivity index (χ4v) is 4.46. The van der Waals surface area contributed by atoms with Crippen LogP contribution in [0.3, 0.4) is 0 Å². The van der Waals surface area contributed by atoms with Crippen LogP contribution in [0.25, 0.3) is 0 Å². The summed E-state index contributed by atoms with van der Waals surface area (Å²) in [5, 5.41) is 18.2. The van der Waals surface area contributed by atoms with Crippen molar-refractivity contribution in [2.75, 3.05) is 13.2 Å². The standard InChI is InChI=1S/C18H18N2O2S2.2Na/c1-3-5-9-21-14-7-8-15(22-10-6-4-2)17-16(14)23-18(24-17)13(11-19)12-20;;/h7-8H,1-6,9-10H2;;/q-2;2*+1. The number of rotatable bonds is 8. The van der Waals surface area contributed by atoms with E-state index in [0.29, 0.717) is 17.5 Å². The van der Waals surface area contributed by atoms with Crippen molar-refractivity contribution >= 4 is 23.5 Å². The van der Waals surface area contributed by atoms with Crippen LogP contribution in [-0.2, 0) is 0 Å². The van der Waals surface area contributed by atoms with E-state index in [4.69, 9.17) is 20.0 Å². The van der Waals surface area contributed by atoms with Crippen LogP contribution >= 0.6 is 23.5 Å². The molecule has 0 atom stereocenters. The largest absolute Gasteiger partial charge is 1.00 e. The second kappa shape index (κ2) is 14.3. The average molecular weight is 404 g/mol. The number of nitrogens with zero attached hydrogens (tertiary/aromatic N) is 2. The average Bonchev–Trinajstić information content (AvgIpc) is 3.03. The van der Waals surface area contributed by atoms with Gasteiger partial charge in [0.15, 0.2) is 0 Å². The maximum Gasteiger partial charge on any atom is 1.00 e. The van der Waals surface area contributed by atoms with E-state index < -0.39 is 0 Å². The Morgan fingerprint density at radius 2 is 1.31 bits per heavy atom. The van der Waals surface area contributed by atoms with Gasteiger partial charge in [-0.1, -0.05) is 23.5 Å². The maximum atomic E-state index is 9.12. The van der Waals surface area contributed by atoms with E-state index in [1.807, 2.05) is 24.3 Å². The Labute approximate surface area is 208 Å². The van der Waals surface area contributed by atoms with E-state index >= 15 is 0 Å². The molecule has 1 aliphatic heterocycles. The van der Waals surface area contributed by atoms with Gasteiger partial charge < -0.3 is 23.3 Å². The van der Waals surface area contributed by atoms with E-state index in [2.05, 4.69) is 13.8 Å². The van der Waals surface area contributed by atoms with Crippen molar-refractivity contribution < 1.29 is 68.6 Å². The number of hydrogen-bond donors (Lipinski definition) is 0. The van der Waals surface area contributed by atoms with Gasteiger partial charge in [0.25, 0.3) is 0 Å². The third-order valence-electron chi connectivity index (χ3n) is 3.16. The smallest absolute Gasteiger partial charge is 0.492 e. The van der Waals surface area contributed by atoms with Gasteiger partial charge in [-0.25, -0.2) is 0 Å². The quantitative estimate of drug-likeness (QED) is 0.243. The van der Waals surface area contributed by atoms with E-state index in [1.54, 1.807) is 0 Å². The van der Waals surface area contributed by atoms with E-state index in [-0.39, 0.29) is 64.7 Å². The van der Waals surface area contributed by atoms with Crippen molar-refractivity contribution in [1.82, 2.24) is 0 Å². The molecule has 0 saturated heterocycles. The third-order valence-corrected chi connectivity index (χ3v) is 5.79. The number of hydrogen-bond acceptors (Lipinski definition) is 6. The molecule has 0 radical (unpaired) electrons. The molecule has 1 aromatic rings. The maximum absolute atomic E-state index is 9.12. The Balaban J connectivity index is 0.00000312. The Bertz CT molecular complexity index is 655. The molecule has 0 unspecified atom stereocenters. The van der Waals surface area contributed by atoms with Crippen molar-refractivity contribution in [2.45, 2.75) is 35.5 Å². The second-order valence-electron chi connectivity index (χ2n) is 4.92. The van der Waals surface area contributed by atoms with Gasteiger partial charge in [-0.3, -0.25) is 0 Å². The molecule has 126 valence electrons. The predicted octanol–water partition coefficient (Wildman–Crippen LogP) is -0.863. The normalized spacial score (nSPS) is 11.3. The summed E-state index contributed by atoms with van der Waals surface area (Å²) in [4.78, 5) is 1.82. The zero-order valence-corrected chi connectivity index (χ0v) is 21.0. The van der Waals surface area contributed by atoms with Crippen molar-refractivity contribution in [3.63, 3.8) is 0 Å². The summed E-state index contributed by atoms with van der Waals surface area (Å²) in [7, 11) is 0. The number of ether oxygens (including phenoxy) is 2. The van der Waals surface area contributed by atoms with Gasteiger partial charge in [-0.15, -0.1) is 0 Å². The van der Waals surface area contributed by atoms with Crippen LogP contribution in [0.4, 0.5) is 0 Å². The molecule has 0 saturated carbocycles. The monoisotopic (exact) mass is 404 g/mol. The summed E-state index contributed by atoms with van der Waals surface area (Å²) >= 11 is 2.79. The first-order chi connectivity index (χ1) is 11.7. The minimum absolute atomic E-state index is 0. The number of thioether (sulfide) groups is 2. The molecule has 0 aliphatic carbocycles. The van der Waals surface area contributed by atoms with Gasteiger partial charge in [0.05, 0.1) is 27.2 Å². The molecular formula is C18H18N2Na2O2S2. The van der Waals surface area contributed by atoms with Crippen LogP contribution in [0.5, 0.6) is 11.5 Å². The van der Waals surface area contributed by atoms with Crippen LogP contribution in [0.15, 0.2) is 31.7 Å². The number of benzene rings is 1. The van der Waals surface area contributed by atoms with E-state index in [9.17, 15) is 0 Å². The molecular weight excluding hydrogens is 386 g/mol. The minimum Gasteiger partial charge on any atom is -0.492 e. The number of fused-ring (bicyclic) bond motifs is 1. The third kappa shape index (κ3) is 7.00. The molecule has 0 N–H and O–H groups in total. The van der Waals surface area contributed by atoms with Gasteiger partial charge >= 0.3 is 59.1 Å². The van der Waals surface area contributed by atoms with Crippen molar-refractivity contribution in [3.05, 3.63) is 35.8 Å². The summed E-state index contributed by atoms with van der Waals surface area (Å²) in [5.41, 5.74) is 0.119. The first kappa shape index (κ1) is 26.2. The van der Waals surface area contributed by atoms with Gasteiger partial charge in [-0.05, 0) is 25.0 Å². The zero-order valence-electron chi connectivity index (χ0n) is 15.3. The van der Waals surface area contributed by atoms with Crippen molar-refractivity contribution in [3.8, 4) is 23.6 Å². The SMILES string of the molecule is [CH2-]CCCOc1ccc(OCCC[CH2-])c2c1SC(=C(C#N)C#N)S2.[Na+].[Na+]. The molecule has 0 fully saturated rings. The number of nitriles is 2. The minimum atomic E-state index is 0. The molecule has 0 bridgehead atoms. The number of unbranched alkanes of at least 4 members (excludes halogenated alkanes) is 2. The van der Waals surface area contributed by atoms with Crippen molar-refractivity contribution in [2.24, 2.45) is 0 Å². The van der Waals surface area contributed by atoms with Crippen molar-refractivity contribution in [1.29, 1.82) is 10.5 Å². The van der Waals surface area contributed by atoms with Gasteiger partial charge in [0.1, 0.15) is 29.2 Å². The molecule has 2 rings (SSSR count). The van der Waals surface area contributed by atoms with Crippen LogP contribution in [-0.4, -0.2) is 13.2 Å². The summed E-state index contributed by atoms with van der Waals surface area (Å²) in [6, 6.07) is 7.67. The van der Waals surface area contributed by atoms with Gasteiger partial charge in [0.2, 0.25) is 0 Å². The van der Waals surface area contributed by atoms with E-state index in [0.717, 1.165) is 47.0 Å². The molecule has 1 heterocycles. The summed E-state index contributed by atoms with van der Waals surface area (Å²) < 4.78 is 12.3. The topological polar surface area (TPSA) is 66.0 Å². The molecule has 8 heteroatoms.